The number of phenolic OH excluding ortho intramolecular Hbond substituents is 1. The van der Waals surface area contributed by atoms with E-state index < -0.39 is 0 Å². The van der Waals surface area contributed by atoms with Crippen molar-refractivity contribution in [3.05, 3.63) is 23.8 Å². The van der Waals surface area contributed by atoms with Crippen molar-refractivity contribution in [1.29, 1.82) is 0 Å². The zero-order valence-corrected chi connectivity index (χ0v) is 8.16. The van der Waals surface area contributed by atoms with Gasteiger partial charge in [-0.25, -0.2) is 0 Å². The fourth-order valence-electron chi connectivity index (χ4n) is 0.914. The van der Waals surface area contributed by atoms with E-state index in [1.165, 1.54) is 6.07 Å². The third-order valence-electron chi connectivity index (χ3n) is 1.29. The highest BCUT2D eigenvalue weighted by atomic mass is 16.3. The lowest BCUT2D eigenvalue weighted by Gasteiger charge is -2.00. The van der Waals surface area contributed by atoms with Gasteiger partial charge in [0, 0.05) is 11.8 Å². The Bertz CT molecular complexity index is 251. The molecule has 2 N–H and O–H groups in total. The van der Waals surface area contributed by atoms with Crippen molar-refractivity contribution in [3.8, 4) is 5.75 Å². The zero-order chi connectivity index (χ0) is 10.3. The molecule has 0 unspecified atom stereocenters. The Kier molecular flexibility index (Phi) is 5.35. The standard InChI is InChI=1S/C8H9NO2.C2H6/c1-6-2-7(9-5-10)4-8(11)3-6;1-2/h2-5,11H,1H3,(H,9,10);1-2H3. The SMILES string of the molecule is CC.Cc1cc(O)cc(NC=O)c1. The molecular weight excluding hydrogens is 166 g/mol. The topological polar surface area (TPSA) is 49.3 Å². The number of aryl methyl sites for hydroxylation is 1. The molecular formula is C10H15NO2. The Morgan fingerprint density at radius 2 is 1.92 bits per heavy atom. The van der Waals surface area contributed by atoms with E-state index in [0.717, 1.165) is 5.56 Å². The fraction of sp³-hybridized carbons (Fsp3) is 0.300. The van der Waals surface area contributed by atoms with Crippen LogP contribution in [0, 0.1) is 6.92 Å². The van der Waals surface area contributed by atoms with Crippen LogP contribution in [0.1, 0.15) is 19.4 Å². The first-order chi connectivity index (χ1) is 6.22. The molecule has 13 heavy (non-hydrogen) atoms. The first kappa shape index (κ1) is 11.5. The molecule has 0 aromatic heterocycles. The summed E-state index contributed by atoms with van der Waals surface area (Å²) in [6.45, 7) is 5.84. The third-order valence-corrected chi connectivity index (χ3v) is 1.29. The molecule has 0 atom stereocenters. The van der Waals surface area contributed by atoms with Crippen LogP contribution in [0.4, 0.5) is 5.69 Å². The number of rotatable bonds is 2. The van der Waals surface area contributed by atoms with Gasteiger partial charge in [0.1, 0.15) is 5.75 Å². The maximum absolute atomic E-state index is 10.0. The van der Waals surface area contributed by atoms with E-state index in [-0.39, 0.29) is 5.75 Å². The Hall–Kier alpha value is -1.51. The number of nitrogens with one attached hydrogen (secondary N) is 1. The molecule has 1 aromatic rings. The Morgan fingerprint density at radius 3 is 2.38 bits per heavy atom. The predicted molar refractivity (Wildman–Crippen MR) is 53.9 cm³/mol. The first-order valence-corrected chi connectivity index (χ1v) is 4.23. The molecule has 0 aliphatic carbocycles. The zero-order valence-electron chi connectivity index (χ0n) is 8.16. The van der Waals surface area contributed by atoms with Crippen LogP contribution in [0.5, 0.6) is 5.75 Å². The molecule has 0 heterocycles. The van der Waals surface area contributed by atoms with Gasteiger partial charge in [-0.2, -0.15) is 0 Å². The average Bonchev–Trinajstić information content (AvgIpc) is 2.06. The number of carbonyl (C=O) groups is 1. The molecule has 0 saturated carbocycles. The summed E-state index contributed by atoms with van der Waals surface area (Å²) in [5, 5.41) is 11.5. The number of benzene rings is 1. The minimum absolute atomic E-state index is 0.161. The summed E-state index contributed by atoms with van der Waals surface area (Å²) in [6, 6.07) is 4.88. The highest BCUT2D eigenvalue weighted by Gasteiger charge is 1.94. The molecule has 1 rings (SSSR count). The van der Waals surface area contributed by atoms with Crippen molar-refractivity contribution in [2.24, 2.45) is 0 Å². The normalized spacial score (nSPS) is 8.23. The molecule has 0 aliphatic rings. The Balaban J connectivity index is 0.000000671. The van der Waals surface area contributed by atoms with E-state index in [0.29, 0.717) is 12.1 Å². The van der Waals surface area contributed by atoms with Gasteiger partial charge in [0.2, 0.25) is 6.41 Å². The fourth-order valence-corrected chi connectivity index (χ4v) is 0.914. The molecule has 1 amide bonds. The summed E-state index contributed by atoms with van der Waals surface area (Å²) in [5.74, 6) is 0.161. The number of phenols is 1. The summed E-state index contributed by atoms with van der Waals surface area (Å²) in [5.41, 5.74) is 1.52. The Morgan fingerprint density at radius 1 is 1.31 bits per heavy atom. The second-order valence-electron chi connectivity index (χ2n) is 2.32. The second kappa shape index (κ2) is 6.06. The molecule has 0 spiro atoms. The Labute approximate surface area is 78.4 Å². The van der Waals surface area contributed by atoms with E-state index in [2.05, 4.69) is 5.32 Å². The predicted octanol–water partition coefficient (Wildman–Crippen LogP) is 2.30. The van der Waals surface area contributed by atoms with Crippen LogP contribution >= 0.6 is 0 Å². The van der Waals surface area contributed by atoms with Gasteiger partial charge >= 0.3 is 0 Å². The molecule has 0 saturated heterocycles. The van der Waals surface area contributed by atoms with Gasteiger partial charge in [0.25, 0.3) is 0 Å². The van der Waals surface area contributed by atoms with Gasteiger partial charge in [0.15, 0.2) is 0 Å². The summed E-state index contributed by atoms with van der Waals surface area (Å²) in [7, 11) is 0. The summed E-state index contributed by atoms with van der Waals surface area (Å²) < 4.78 is 0. The van der Waals surface area contributed by atoms with Crippen molar-refractivity contribution in [1.82, 2.24) is 0 Å². The molecule has 3 nitrogen and oxygen atoms in total. The van der Waals surface area contributed by atoms with Gasteiger partial charge in [-0.3, -0.25) is 4.79 Å². The minimum Gasteiger partial charge on any atom is -0.508 e. The number of aromatic hydroxyl groups is 1. The highest BCUT2D eigenvalue weighted by Crippen LogP contribution is 2.18. The van der Waals surface area contributed by atoms with Crippen LogP contribution in [0.2, 0.25) is 0 Å². The van der Waals surface area contributed by atoms with Gasteiger partial charge in [-0.1, -0.05) is 13.8 Å². The summed E-state index contributed by atoms with van der Waals surface area (Å²) in [6.07, 6.45) is 0.578. The van der Waals surface area contributed by atoms with Crippen LogP contribution in [0.15, 0.2) is 18.2 Å². The molecule has 3 heteroatoms. The highest BCUT2D eigenvalue weighted by molar-refractivity contribution is 5.72. The number of hydrogen-bond acceptors (Lipinski definition) is 2. The minimum atomic E-state index is 0.161. The molecule has 0 bridgehead atoms. The van der Waals surface area contributed by atoms with Gasteiger partial charge in [-0.15, -0.1) is 0 Å². The van der Waals surface area contributed by atoms with E-state index in [1.54, 1.807) is 12.1 Å². The number of hydrogen-bond donors (Lipinski definition) is 2. The van der Waals surface area contributed by atoms with Crippen LogP contribution in [0.3, 0.4) is 0 Å². The second-order valence-corrected chi connectivity index (χ2v) is 2.32. The van der Waals surface area contributed by atoms with E-state index in [9.17, 15) is 4.79 Å². The number of carbonyl (C=O) groups excluding carboxylic acids is 1. The maximum Gasteiger partial charge on any atom is 0.211 e. The van der Waals surface area contributed by atoms with Crippen molar-refractivity contribution in [3.63, 3.8) is 0 Å². The van der Waals surface area contributed by atoms with Crippen LogP contribution in [-0.4, -0.2) is 11.5 Å². The number of amides is 1. The number of anilines is 1. The molecule has 0 fully saturated rings. The summed E-state index contributed by atoms with van der Waals surface area (Å²) >= 11 is 0. The van der Waals surface area contributed by atoms with Crippen molar-refractivity contribution in [2.75, 3.05) is 5.32 Å². The van der Waals surface area contributed by atoms with E-state index in [1.807, 2.05) is 20.8 Å². The third kappa shape index (κ3) is 4.15. The molecule has 0 radical (unpaired) electrons. The molecule has 72 valence electrons. The lowest BCUT2D eigenvalue weighted by Crippen LogP contribution is -1.93. The van der Waals surface area contributed by atoms with E-state index in [4.69, 9.17) is 5.11 Å². The van der Waals surface area contributed by atoms with Crippen LogP contribution in [-0.2, 0) is 4.79 Å². The van der Waals surface area contributed by atoms with E-state index >= 15 is 0 Å². The van der Waals surface area contributed by atoms with Gasteiger partial charge in [0.05, 0.1) is 0 Å². The average molecular weight is 181 g/mol. The van der Waals surface area contributed by atoms with Crippen molar-refractivity contribution in [2.45, 2.75) is 20.8 Å². The van der Waals surface area contributed by atoms with Crippen molar-refractivity contribution >= 4 is 12.1 Å². The van der Waals surface area contributed by atoms with Crippen molar-refractivity contribution < 1.29 is 9.90 Å². The summed E-state index contributed by atoms with van der Waals surface area (Å²) in [4.78, 5) is 10.0. The maximum atomic E-state index is 10.0. The van der Waals surface area contributed by atoms with Crippen LogP contribution in [0.25, 0.3) is 0 Å². The van der Waals surface area contributed by atoms with Crippen LogP contribution < -0.4 is 5.32 Å². The monoisotopic (exact) mass is 181 g/mol. The van der Waals surface area contributed by atoms with Gasteiger partial charge in [-0.05, 0) is 24.6 Å². The van der Waals surface area contributed by atoms with Gasteiger partial charge < -0.3 is 10.4 Å². The quantitative estimate of drug-likeness (QED) is 0.688. The lowest BCUT2D eigenvalue weighted by molar-refractivity contribution is -0.105. The lowest BCUT2D eigenvalue weighted by atomic mass is 10.2. The molecule has 0 aliphatic heterocycles. The largest absolute Gasteiger partial charge is 0.508 e. The first-order valence-electron chi connectivity index (χ1n) is 4.23. The smallest absolute Gasteiger partial charge is 0.211 e. The molecule has 1 aromatic carbocycles.